The second-order valence-corrected chi connectivity index (χ2v) is 11.3. The summed E-state index contributed by atoms with van der Waals surface area (Å²) in [5.74, 6) is 0.390. The molecule has 6 rings (SSSR count). The molecule has 0 radical (unpaired) electrons. The van der Waals surface area contributed by atoms with Crippen molar-refractivity contribution in [3.63, 3.8) is 0 Å². The van der Waals surface area contributed by atoms with Gasteiger partial charge in [-0.1, -0.05) is 41.9 Å². The average molecular weight is 555 g/mol. The number of rotatable bonds is 5. The predicted octanol–water partition coefficient (Wildman–Crippen LogP) is 4.75. The molecule has 192 valence electrons. The first kappa shape index (κ1) is 24.7. The molecule has 11 heteroatoms. The summed E-state index contributed by atoms with van der Waals surface area (Å²) in [6.07, 6.45) is 7.61. The molecule has 3 heterocycles. The van der Waals surface area contributed by atoms with Crippen LogP contribution < -0.4 is 5.56 Å². The van der Waals surface area contributed by atoms with Gasteiger partial charge in [-0.25, -0.2) is 28.1 Å². The molecule has 0 aliphatic rings. The van der Waals surface area contributed by atoms with Gasteiger partial charge in [0, 0.05) is 41.0 Å². The van der Waals surface area contributed by atoms with Crippen LogP contribution in [0.5, 0.6) is 0 Å². The van der Waals surface area contributed by atoms with E-state index in [0.29, 0.717) is 27.8 Å². The first-order valence-electron chi connectivity index (χ1n) is 11.7. The quantitative estimate of drug-likeness (QED) is 0.302. The summed E-state index contributed by atoms with van der Waals surface area (Å²) in [4.78, 5) is 27.0. The summed E-state index contributed by atoms with van der Waals surface area (Å²) < 4.78 is 27.1. The van der Waals surface area contributed by atoms with Crippen molar-refractivity contribution < 1.29 is 8.42 Å². The zero-order valence-electron chi connectivity index (χ0n) is 20.4. The number of hydrogen-bond acceptors (Lipinski definition) is 7. The van der Waals surface area contributed by atoms with Gasteiger partial charge in [-0.15, -0.1) is 5.10 Å². The van der Waals surface area contributed by atoms with Crippen molar-refractivity contribution >= 4 is 32.5 Å². The Balaban J connectivity index is 1.55. The Labute approximate surface area is 227 Å². The highest BCUT2D eigenvalue weighted by Crippen LogP contribution is 2.26. The maximum absolute atomic E-state index is 13.9. The van der Waals surface area contributed by atoms with Crippen LogP contribution in [0, 0.1) is 0 Å². The zero-order valence-corrected chi connectivity index (χ0v) is 22.0. The van der Waals surface area contributed by atoms with Gasteiger partial charge in [0.15, 0.2) is 15.5 Å². The van der Waals surface area contributed by atoms with Crippen LogP contribution in [0.25, 0.3) is 44.9 Å². The fourth-order valence-electron chi connectivity index (χ4n) is 4.24. The average Bonchev–Trinajstić information content (AvgIpc) is 3.39. The van der Waals surface area contributed by atoms with Crippen molar-refractivity contribution in [1.29, 1.82) is 0 Å². The van der Waals surface area contributed by atoms with E-state index in [9.17, 15) is 13.2 Å². The van der Waals surface area contributed by atoms with Gasteiger partial charge in [0.1, 0.15) is 17.5 Å². The van der Waals surface area contributed by atoms with Crippen molar-refractivity contribution in [3.8, 4) is 33.9 Å². The van der Waals surface area contributed by atoms with Gasteiger partial charge >= 0.3 is 0 Å². The summed E-state index contributed by atoms with van der Waals surface area (Å²) in [7, 11) is -3.43. The Morgan fingerprint density at radius 2 is 1.51 bits per heavy atom. The SMILES string of the molecule is CS(=O)(=O)c1cccc(-n2cc3c(=O)n(-c4ccc(Cl)cc4)c(-c4ccc(-c5cncnc5)cc4)nc3n2)c1. The Bertz CT molecular complexity index is 2000. The van der Waals surface area contributed by atoms with Gasteiger partial charge in [0.2, 0.25) is 0 Å². The lowest BCUT2D eigenvalue weighted by molar-refractivity contribution is 0.601. The molecule has 0 unspecified atom stereocenters. The van der Waals surface area contributed by atoms with Crippen LogP contribution in [0.15, 0.2) is 107 Å². The monoisotopic (exact) mass is 554 g/mol. The van der Waals surface area contributed by atoms with Crippen molar-refractivity contribution in [2.24, 2.45) is 0 Å². The van der Waals surface area contributed by atoms with E-state index in [0.717, 1.165) is 17.4 Å². The maximum Gasteiger partial charge on any atom is 0.269 e. The number of fused-ring (bicyclic) bond motifs is 1. The molecule has 0 aliphatic heterocycles. The highest BCUT2D eigenvalue weighted by Gasteiger charge is 2.18. The fraction of sp³-hybridized carbons (Fsp3) is 0.0357. The molecular weight excluding hydrogens is 536 g/mol. The number of hydrogen-bond donors (Lipinski definition) is 0. The van der Waals surface area contributed by atoms with E-state index in [1.807, 2.05) is 24.3 Å². The van der Waals surface area contributed by atoms with Gasteiger partial charge in [0.05, 0.1) is 16.3 Å². The van der Waals surface area contributed by atoms with E-state index in [-0.39, 0.29) is 21.5 Å². The molecule has 0 saturated carbocycles. The minimum Gasteiger partial charge on any atom is -0.268 e. The molecular formula is C28H19ClN6O3S. The van der Waals surface area contributed by atoms with Crippen molar-refractivity contribution in [2.45, 2.75) is 4.90 Å². The molecule has 0 N–H and O–H groups in total. The van der Waals surface area contributed by atoms with Crippen molar-refractivity contribution in [1.82, 2.24) is 29.3 Å². The lowest BCUT2D eigenvalue weighted by Crippen LogP contribution is -2.21. The number of halogens is 1. The molecule has 39 heavy (non-hydrogen) atoms. The van der Waals surface area contributed by atoms with Crippen molar-refractivity contribution in [2.75, 3.05) is 6.26 Å². The first-order valence-corrected chi connectivity index (χ1v) is 14.0. The molecule has 0 saturated heterocycles. The van der Waals surface area contributed by atoms with E-state index < -0.39 is 9.84 Å². The van der Waals surface area contributed by atoms with E-state index >= 15 is 0 Å². The van der Waals surface area contributed by atoms with Gasteiger partial charge in [-0.05, 0) is 48.0 Å². The highest BCUT2D eigenvalue weighted by atomic mass is 35.5. The summed E-state index contributed by atoms with van der Waals surface area (Å²) in [5, 5.41) is 5.34. The van der Waals surface area contributed by atoms with Crippen LogP contribution in [0.2, 0.25) is 5.02 Å². The molecule has 3 aromatic carbocycles. The molecule has 9 nitrogen and oxygen atoms in total. The molecule has 0 spiro atoms. The van der Waals surface area contributed by atoms with Crippen LogP contribution in [0.4, 0.5) is 0 Å². The van der Waals surface area contributed by atoms with Crippen LogP contribution in [-0.2, 0) is 9.84 Å². The molecule has 6 aromatic rings. The summed E-state index contributed by atoms with van der Waals surface area (Å²) >= 11 is 6.11. The Kier molecular flexibility index (Phi) is 6.05. The second-order valence-electron chi connectivity index (χ2n) is 8.84. The highest BCUT2D eigenvalue weighted by molar-refractivity contribution is 7.90. The predicted molar refractivity (Wildman–Crippen MR) is 149 cm³/mol. The lowest BCUT2D eigenvalue weighted by Gasteiger charge is -2.13. The van der Waals surface area contributed by atoms with Gasteiger partial charge < -0.3 is 0 Å². The van der Waals surface area contributed by atoms with E-state index in [1.54, 1.807) is 55.0 Å². The molecule has 0 bridgehead atoms. The van der Waals surface area contributed by atoms with Crippen LogP contribution in [0.3, 0.4) is 0 Å². The molecule has 3 aromatic heterocycles. The summed E-state index contributed by atoms with van der Waals surface area (Å²) in [6.45, 7) is 0. The third-order valence-corrected chi connectivity index (χ3v) is 7.55. The first-order chi connectivity index (χ1) is 18.8. The molecule has 0 atom stereocenters. The Morgan fingerprint density at radius 1 is 0.821 bits per heavy atom. The standard InChI is InChI=1S/C28H19ClN6O3S/c1-39(37,38)24-4-2-3-23(13-24)34-16-25-26(33-34)32-27(35(28(25)36)22-11-9-21(29)10-12-22)19-7-5-18(6-8-19)20-14-30-17-31-15-20/h2-17H,1H3. The lowest BCUT2D eigenvalue weighted by atomic mass is 10.1. The van der Waals surface area contributed by atoms with Crippen LogP contribution in [-0.4, -0.2) is 44.0 Å². The number of sulfone groups is 1. The molecule has 0 amide bonds. The maximum atomic E-state index is 13.9. The van der Waals surface area contributed by atoms with E-state index in [1.165, 1.54) is 27.7 Å². The summed E-state index contributed by atoms with van der Waals surface area (Å²) in [6, 6.07) is 20.8. The third-order valence-electron chi connectivity index (χ3n) is 6.18. The van der Waals surface area contributed by atoms with Crippen LogP contribution >= 0.6 is 11.6 Å². The van der Waals surface area contributed by atoms with Crippen LogP contribution in [0.1, 0.15) is 0 Å². The normalized spacial score (nSPS) is 11.6. The Hall–Kier alpha value is -4.67. The largest absolute Gasteiger partial charge is 0.269 e. The molecule has 0 aliphatic carbocycles. The molecule has 0 fully saturated rings. The third kappa shape index (κ3) is 4.71. The fourth-order valence-corrected chi connectivity index (χ4v) is 5.02. The minimum absolute atomic E-state index is 0.149. The summed E-state index contributed by atoms with van der Waals surface area (Å²) in [5.41, 5.74) is 3.44. The van der Waals surface area contributed by atoms with Gasteiger partial charge in [0.25, 0.3) is 5.56 Å². The zero-order chi connectivity index (χ0) is 27.1. The van der Waals surface area contributed by atoms with Crippen molar-refractivity contribution in [3.05, 3.63) is 113 Å². The number of aromatic nitrogens is 6. The van der Waals surface area contributed by atoms with E-state index in [4.69, 9.17) is 16.6 Å². The number of nitrogens with zero attached hydrogens (tertiary/aromatic N) is 6. The van der Waals surface area contributed by atoms with E-state index in [2.05, 4.69) is 15.1 Å². The number of benzene rings is 3. The minimum atomic E-state index is -3.43. The second kappa shape index (κ2) is 9.57. The smallest absolute Gasteiger partial charge is 0.268 e. The topological polar surface area (TPSA) is 113 Å². The van der Waals surface area contributed by atoms with Gasteiger partial charge in [-0.3, -0.25) is 9.36 Å². The van der Waals surface area contributed by atoms with Gasteiger partial charge in [-0.2, -0.15) is 0 Å². The Morgan fingerprint density at radius 3 is 2.21 bits per heavy atom.